The lowest BCUT2D eigenvalue weighted by atomic mass is 9.65. The van der Waals surface area contributed by atoms with Gasteiger partial charge in [0.2, 0.25) is 17.7 Å². The highest BCUT2D eigenvalue weighted by Gasteiger charge is 2.78. The summed E-state index contributed by atoms with van der Waals surface area (Å²) in [5.41, 5.74) is -1.29. The topological polar surface area (TPSA) is 117 Å². The van der Waals surface area contributed by atoms with E-state index in [4.69, 9.17) is 9.47 Å². The quantitative estimate of drug-likeness (QED) is 0.580. The lowest BCUT2D eigenvalue weighted by Gasteiger charge is -2.33. The Hall–Kier alpha value is -2.65. The standard InChI is InChI=1S/C22H29N3O6/c1-4-21-9-10-22(31-21)16(15(21)18(27)23-2)20(29)25(11-12-26)17(22)19(28)24-13-5-7-14(30-3)8-6-13/h5-8,15-17,26H,4,9-12H2,1-3H3,(H,23,27)(H,24,28)/t15-,16+,17?,21+,22?/m1/s1. The fourth-order valence-electron chi connectivity index (χ4n) is 5.81. The molecule has 3 N–H and O–H groups in total. The summed E-state index contributed by atoms with van der Waals surface area (Å²) in [5, 5.41) is 15.1. The number of hydrogen-bond acceptors (Lipinski definition) is 6. The van der Waals surface area contributed by atoms with Crippen molar-refractivity contribution in [3.05, 3.63) is 24.3 Å². The minimum absolute atomic E-state index is 0.000726. The number of carbonyl (C=O) groups excluding carboxylic acids is 3. The number of fused-ring (bicyclic) bond motifs is 1. The van der Waals surface area contributed by atoms with Crippen LogP contribution in [-0.4, -0.2) is 72.3 Å². The van der Waals surface area contributed by atoms with Gasteiger partial charge in [-0.1, -0.05) is 6.92 Å². The Morgan fingerprint density at radius 2 is 1.97 bits per heavy atom. The molecule has 168 valence electrons. The number of nitrogens with zero attached hydrogens (tertiary/aromatic N) is 1. The predicted octanol–water partition coefficient (Wildman–Crippen LogP) is 0.527. The van der Waals surface area contributed by atoms with Crippen LogP contribution < -0.4 is 15.4 Å². The number of anilines is 1. The highest BCUT2D eigenvalue weighted by molar-refractivity contribution is 6.03. The third kappa shape index (κ3) is 3.02. The molecule has 0 saturated carbocycles. The van der Waals surface area contributed by atoms with Crippen LogP contribution in [0.4, 0.5) is 5.69 Å². The summed E-state index contributed by atoms with van der Waals surface area (Å²) >= 11 is 0. The molecule has 9 nitrogen and oxygen atoms in total. The van der Waals surface area contributed by atoms with Crippen molar-refractivity contribution in [3.63, 3.8) is 0 Å². The van der Waals surface area contributed by atoms with Crippen molar-refractivity contribution in [3.8, 4) is 5.75 Å². The molecule has 3 heterocycles. The van der Waals surface area contributed by atoms with Crippen molar-refractivity contribution >= 4 is 23.4 Å². The van der Waals surface area contributed by atoms with Crippen molar-refractivity contribution in [1.82, 2.24) is 10.2 Å². The van der Waals surface area contributed by atoms with Crippen LogP contribution in [0.2, 0.25) is 0 Å². The molecular formula is C22H29N3O6. The second-order valence-corrected chi connectivity index (χ2v) is 8.42. The molecule has 3 saturated heterocycles. The highest BCUT2D eigenvalue weighted by atomic mass is 16.5. The molecule has 1 aromatic rings. The van der Waals surface area contributed by atoms with E-state index >= 15 is 0 Å². The maximum Gasteiger partial charge on any atom is 0.250 e. The van der Waals surface area contributed by atoms with Gasteiger partial charge in [-0.2, -0.15) is 0 Å². The summed E-state index contributed by atoms with van der Waals surface area (Å²) in [5.74, 6) is -1.71. The first-order valence-corrected chi connectivity index (χ1v) is 10.7. The van der Waals surface area contributed by atoms with E-state index in [-0.39, 0.29) is 30.9 Å². The summed E-state index contributed by atoms with van der Waals surface area (Å²) in [6.07, 6.45) is 1.68. The van der Waals surface area contributed by atoms with E-state index in [9.17, 15) is 19.5 Å². The van der Waals surface area contributed by atoms with Gasteiger partial charge in [0.1, 0.15) is 17.4 Å². The van der Waals surface area contributed by atoms with Gasteiger partial charge in [-0.05, 0) is 43.5 Å². The largest absolute Gasteiger partial charge is 0.497 e. The second kappa shape index (κ2) is 7.80. The maximum absolute atomic E-state index is 13.5. The van der Waals surface area contributed by atoms with Gasteiger partial charge in [-0.15, -0.1) is 0 Å². The SMILES string of the molecule is CC[C@@]12CCC3(O1)C(C(=O)Nc1ccc(OC)cc1)N(CCO)C(=O)[C@@H]3[C@@H]2C(=O)NC. The zero-order chi connectivity index (χ0) is 22.4. The smallest absolute Gasteiger partial charge is 0.250 e. The van der Waals surface area contributed by atoms with Gasteiger partial charge in [0.25, 0.3) is 0 Å². The third-order valence-electron chi connectivity index (χ3n) is 7.16. The molecule has 3 aliphatic heterocycles. The summed E-state index contributed by atoms with van der Waals surface area (Å²) in [6, 6.07) is 5.96. The number of β-amino-alcohol motifs (C(OH)–C–C–N with tert-alkyl or cyclic N) is 1. The number of amides is 3. The molecule has 3 amide bonds. The van der Waals surface area contributed by atoms with E-state index < -0.39 is 29.1 Å². The van der Waals surface area contributed by atoms with Gasteiger partial charge < -0.3 is 30.1 Å². The molecule has 2 unspecified atom stereocenters. The van der Waals surface area contributed by atoms with Crippen LogP contribution in [0, 0.1) is 11.8 Å². The first-order chi connectivity index (χ1) is 14.9. The Morgan fingerprint density at radius 3 is 2.55 bits per heavy atom. The fraction of sp³-hybridized carbons (Fsp3) is 0.591. The van der Waals surface area contributed by atoms with Crippen LogP contribution in [0.25, 0.3) is 0 Å². The fourth-order valence-corrected chi connectivity index (χ4v) is 5.81. The van der Waals surface area contributed by atoms with Crippen LogP contribution in [0.3, 0.4) is 0 Å². The molecule has 3 aliphatic rings. The predicted molar refractivity (Wildman–Crippen MR) is 111 cm³/mol. The number of methoxy groups -OCH3 is 1. The third-order valence-corrected chi connectivity index (χ3v) is 7.16. The van der Waals surface area contributed by atoms with E-state index in [1.165, 1.54) is 4.90 Å². The zero-order valence-corrected chi connectivity index (χ0v) is 18.0. The van der Waals surface area contributed by atoms with Gasteiger partial charge in [-0.25, -0.2) is 0 Å². The maximum atomic E-state index is 13.5. The first kappa shape index (κ1) is 21.6. The molecule has 31 heavy (non-hydrogen) atoms. The van der Waals surface area contributed by atoms with Crippen LogP contribution in [-0.2, 0) is 19.1 Å². The number of carbonyl (C=O) groups is 3. The molecule has 2 bridgehead atoms. The number of aliphatic hydroxyl groups excluding tert-OH is 1. The van der Waals surface area contributed by atoms with Gasteiger partial charge in [0, 0.05) is 19.3 Å². The molecule has 3 fully saturated rings. The number of nitrogens with one attached hydrogen (secondary N) is 2. The van der Waals surface area contributed by atoms with Crippen molar-refractivity contribution < 1.29 is 29.0 Å². The Bertz CT molecular complexity index is 890. The Kier molecular flexibility index (Phi) is 5.43. The number of rotatable bonds is 7. The van der Waals surface area contributed by atoms with Crippen molar-refractivity contribution in [2.75, 3.05) is 32.6 Å². The first-order valence-electron chi connectivity index (χ1n) is 10.7. The molecule has 9 heteroatoms. The monoisotopic (exact) mass is 431 g/mol. The minimum atomic E-state index is -1.09. The summed E-state index contributed by atoms with van der Waals surface area (Å²) < 4.78 is 11.7. The lowest BCUT2D eigenvalue weighted by molar-refractivity contribution is -0.146. The zero-order valence-electron chi connectivity index (χ0n) is 18.0. The van der Waals surface area contributed by atoms with Gasteiger partial charge in [0.15, 0.2) is 0 Å². The summed E-state index contributed by atoms with van der Waals surface area (Å²) in [6.45, 7) is 1.66. The molecule has 1 aromatic carbocycles. The molecule has 0 aliphatic carbocycles. The average Bonchev–Trinajstić information content (AvgIpc) is 3.38. The molecule has 5 atom stereocenters. The Labute approximate surface area is 181 Å². The van der Waals surface area contributed by atoms with Crippen molar-refractivity contribution in [1.29, 1.82) is 0 Å². The molecule has 1 spiro atoms. The van der Waals surface area contributed by atoms with E-state index in [0.29, 0.717) is 30.7 Å². The van der Waals surface area contributed by atoms with E-state index in [1.807, 2.05) is 6.92 Å². The summed E-state index contributed by atoms with van der Waals surface area (Å²) in [7, 11) is 3.10. The summed E-state index contributed by atoms with van der Waals surface area (Å²) in [4.78, 5) is 41.1. The molecule has 4 rings (SSSR count). The van der Waals surface area contributed by atoms with Crippen LogP contribution in [0.15, 0.2) is 24.3 Å². The van der Waals surface area contributed by atoms with Crippen LogP contribution in [0.1, 0.15) is 26.2 Å². The van der Waals surface area contributed by atoms with E-state index in [0.717, 1.165) is 0 Å². The van der Waals surface area contributed by atoms with E-state index in [1.54, 1.807) is 38.4 Å². The highest BCUT2D eigenvalue weighted by Crippen LogP contribution is 2.64. The molecule has 0 radical (unpaired) electrons. The van der Waals surface area contributed by atoms with Gasteiger partial charge >= 0.3 is 0 Å². The number of likely N-dealkylation sites (tertiary alicyclic amines) is 1. The normalized spacial score (nSPS) is 33.4. The lowest BCUT2D eigenvalue weighted by Crippen LogP contribution is -2.53. The number of ether oxygens (including phenoxy) is 2. The minimum Gasteiger partial charge on any atom is -0.497 e. The van der Waals surface area contributed by atoms with E-state index in [2.05, 4.69) is 10.6 Å². The number of aliphatic hydroxyl groups is 1. The second-order valence-electron chi connectivity index (χ2n) is 8.42. The van der Waals surface area contributed by atoms with Crippen LogP contribution in [0.5, 0.6) is 5.75 Å². The van der Waals surface area contributed by atoms with Gasteiger partial charge in [-0.3, -0.25) is 14.4 Å². The molecule has 0 aromatic heterocycles. The number of hydrogen-bond donors (Lipinski definition) is 3. The van der Waals surface area contributed by atoms with Gasteiger partial charge in [0.05, 0.1) is 31.2 Å². The number of benzene rings is 1. The van der Waals surface area contributed by atoms with Crippen molar-refractivity contribution in [2.45, 2.75) is 43.4 Å². The average molecular weight is 431 g/mol. The molecular weight excluding hydrogens is 402 g/mol. The Balaban J connectivity index is 1.71. The van der Waals surface area contributed by atoms with Crippen LogP contribution >= 0.6 is 0 Å². The van der Waals surface area contributed by atoms with Crippen molar-refractivity contribution in [2.24, 2.45) is 11.8 Å². The Morgan fingerprint density at radius 1 is 1.26 bits per heavy atom.